The molecule has 0 spiro atoms. The number of halogens is 1. The van der Waals surface area contributed by atoms with Gasteiger partial charge in [-0.1, -0.05) is 50.2 Å². The fourth-order valence-corrected chi connectivity index (χ4v) is 5.18. The highest BCUT2D eigenvalue weighted by atomic mass is 19.1. The van der Waals surface area contributed by atoms with Gasteiger partial charge in [-0.15, -0.1) is 0 Å². The van der Waals surface area contributed by atoms with Crippen molar-refractivity contribution >= 4 is 16.9 Å². The van der Waals surface area contributed by atoms with Gasteiger partial charge in [0.25, 0.3) is 5.91 Å². The van der Waals surface area contributed by atoms with Crippen molar-refractivity contribution in [2.75, 3.05) is 32.8 Å². The molecule has 40 heavy (non-hydrogen) atoms. The number of carbonyl (C=O) groups is 1. The van der Waals surface area contributed by atoms with Gasteiger partial charge in [0.2, 0.25) is 5.76 Å². The number of hydrogen-bond donors (Lipinski definition) is 0. The Kier molecular flexibility index (Phi) is 8.16. The molecule has 8 heteroatoms. The van der Waals surface area contributed by atoms with Crippen molar-refractivity contribution < 1.29 is 23.1 Å². The maximum absolute atomic E-state index is 14.1. The Labute approximate surface area is 232 Å². The fraction of sp³-hybridized carbons (Fsp3) is 0.312. The van der Waals surface area contributed by atoms with E-state index in [0.29, 0.717) is 43.4 Å². The summed E-state index contributed by atoms with van der Waals surface area (Å²) >= 11 is 0. The maximum atomic E-state index is 14.1. The summed E-state index contributed by atoms with van der Waals surface area (Å²) in [5.74, 6) is 0.157. The van der Waals surface area contributed by atoms with Crippen LogP contribution in [0.4, 0.5) is 4.39 Å². The third-order valence-corrected chi connectivity index (χ3v) is 7.30. The van der Waals surface area contributed by atoms with Crippen molar-refractivity contribution in [3.8, 4) is 11.5 Å². The molecule has 3 aromatic carbocycles. The van der Waals surface area contributed by atoms with Gasteiger partial charge in [0.15, 0.2) is 16.9 Å². The van der Waals surface area contributed by atoms with Gasteiger partial charge in [-0.25, -0.2) is 4.39 Å². The number of fused-ring (bicyclic) bond motifs is 2. The monoisotopic (exact) mass is 544 g/mol. The van der Waals surface area contributed by atoms with Gasteiger partial charge >= 0.3 is 0 Å². The summed E-state index contributed by atoms with van der Waals surface area (Å²) in [6, 6.07) is 18.3. The van der Waals surface area contributed by atoms with E-state index in [9.17, 15) is 14.0 Å². The van der Waals surface area contributed by atoms with E-state index in [2.05, 4.69) is 18.7 Å². The molecule has 0 aliphatic carbocycles. The molecule has 0 saturated heterocycles. The lowest BCUT2D eigenvalue weighted by atomic mass is 9.98. The van der Waals surface area contributed by atoms with E-state index in [4.69, 9.17) is 13.9 Å². The van der Waals surface area contributed by atoms with Crippen LogP contribution < -0.4 is 14.9 Å². The molecule has 7 nitrogen and oxygen atoms in total. The lowest BCUT2D eigenvalue weighted by Crippen LogP contribution is -2.37. The highest BCUT2D eigenvalue weighted by Crippen LogP contribution is 2.41. The molecular weight excluding hydrogens is 511 g/mol. The number of benzene rings is 3. The van der Waals surface area contributed by atoms with Crippen molar-refractivity contribution in [2.45, 2.75) is 33.4 Å². The first-order valence-electron chi connectivity index (χ1n) is 13.7. The summed E-state index contributed by atoms with van der Waals surface area (Å²) in [5, 5.41) is 0.106. The molecule has 5 rings (SSSR count). The molecule has 1 aromatic heterocycles. The molecule has 1 atom stereocenters. The van der Waals surface area contributed by atoms with Gasteiger partial charge in [-0.2, -0.15) is 0 Å². The number of hydrogen-bond acceptors (Lipinski definition) is 6. The summed E-state index contributed by atoms with van der Waals surface area (Å²) in [4.78, 5) is 31.4. The number of carbonyl (C=O) groups excluding carboxylic acids is 1. The molecule has 0 bridgehead atoms. The number of nitrogens with zero attached hydrogens (tertiary/aromatic N) is 2. The molecule has 1 aliphatic heterocycles. The third kappa shape index (κ3) is 5.31. The van der Waals surface area contributed by atoms with Crippen molar-refractivity contribution in [2.24, 2.45) is 0 Å². The lowest BCUT2D eigenvalue weighted by molar-refractivity contribution is 0.0708. The second-order valence-corrected chi connectivity index (χ2v) is 9.66. The van der Waals surface area contributed by atoms with Crippen LogP contribution in [-0.2, 0) is 6.61 Å². The van der Waals surface area contributed by atoms with Crippen LogP contribution in [0.15, 0.2) is 75.9 Å². The van der Waals surface area contributed by atoms with Crippen LogP contribution in [0.5, 0.6) is 11.5 Å². The Balaban J connectivity index is 1.58. The zero-order valence-corrected chi connectivity index (χ0v) is 23.0. The Hall–Kier alpha value is -4.17. The van der Waals surface area contributed by atoms with E-state index >= 15 is 0 Å². The van der Waals surface area contributed by atoms with Crippen molar-refractivity contribution in [1.82, 2.24) is 9.80 Å². The van der Waals surface area contributed by atoms with Crippen LogP contribution in [0, 0.1) is 5.82 Å². The average molecular weight is 545 g/mol. The molecule has 0 N–H and O–H groups in total. The molecule has 2 heterocycles. The first-order valence-corrected chi connectivity index (χ1v) is 13.7. The van der Waals surface area contributed by atoms with Crippen molar-refractivity contribution in [3.63, 3.8) is 0 Å². The zero-order chi connectivity index (χ0) is 28.2. The lowest BCUT2D eigenvalue weighted by Gasteiger charge is -2.28. The average Bonchev–Trinajstić information content (AvgIpc) is 3.25. The van der Waals surface area contributed by atoms with Gasteiger partial charge in [-0.3, -0.25) is 9.59 Å². The molecule has 1 unspecified atom stereocenters. The molecule has 4 aromatic rings. The number of amides is 1. The fourth-order valence-electron chi connectivity index (χ4n) is 5.18. The highest BCUT2D eigenvalue weighted by Gasteiger charge is 2.43. The largest absolute Gasteiger partial charge is 0.490 e. The molecule has 1 amide bonds. The second kappa shape index (κ2) is 11.9. The minimum absolute atomic E-state index is 0.00369. The van der Waals surface area contributed by atoms with Gasteiger partial charge in [-0.05, 0) is 61.5 Å². The minimum Gasteiger partial charge on any atom is -0.490 e. The molecule has 1 aliphatic rings. The Morgan fingerprint density at radius 1 is 0.925 bits per heavy atom. The SMILES string of the molecule is CCOc1cc(C2c3c(oc4ccc(F)cc4c3=O)C(=O)N2CCN(CC)CC)ccc1OCc1ccccc1. The summed E-state index contributed by atoms with van der Waals surface area (Å²) in [6.45, 7) is 9.46. The number of ether oxygens (including phenoxy) is 2. The number of likely N-dealkylation sites (N-methyl/N-ethyl adjacent to an activating group) is 1. The Bertz CT molecular complexity index is 1570. The van der Waals surface area contributed by atoms with Crippen LogP contribution in [0.25, 0.3) is 11.0 Å². The molecule has 0 radical (unpaired) electrons. The first kappa shape index (κ1) is 27.4. The van der Waals surface area contributed by atoms with Crippen LogP contribution in [0.3, 0.4) is 0 Å². The Morgan fingerprint density at radius 3 is 2.42 bits per heavy atom. The minimum atomic E-state index is -0.718. The van der Waals surface area contributed by atoms with Crippen LogP contribution in [-0.4, -0.2) is 48.5 Å². The van der Waals surface area contributed by atoms with E-state index in [1.807, 2.05) is 49.4 Å². The second-order valence-electron chi connectivity index (χ2n) is 9.66. The smallest absolute Gasteiger partial charge is 0.290 e. The van der Waals surface area contributed by atoms with E-state index in [0.717, 1.165) is 24.7 Å². The molecule has 208 valence electrons. The zero-order valence-electron chi connectivity index (χ0n) is 23.0. The molecule has 0 saturated carbocycles. The van der Waals surface area contributed by atoms with Gasteiger partial charge in [0.1, 0.15) is 18.0 Å². The van der Waals surface area contributed by atoms with Crippen LogP contribution >= 0.6 is 0 Å². The van der Waals surface area contributed by atoms with Crippen molar-refractivity contribution in [1.29, 1.82) is 0 Å². The molecular formula is C32H33FN2O5. The predicted octanol–water partition coefficient (Wildman–Crippen LogP) is 5.80. The van der Waals surface area contributed by atoms with Crippen LogP contribution in [0.2, 0.25) is 0 Å². The van der Waals surface area contributed by atoms with E-state index in [1.165, 1.54) is 12.1 Å². The summed E-state index contributed by atoms with van der Waals surface area (Å²) in [6.07, 6.45) is 0. The third-order valence-electron chi connectivity index (χ3n) is 7.30. The highest BCUT2D eigenvalue weighted by molar-refractivity contribution is 5.99. The Morgan fingerprint density at radius 2 is 1.70 bits per heavy atom. The van der Waals surface area contributed by atoms with Crippen LogP contribution in [0.1, 0.15) is 54.1 Å². The van der Waals surface area contributed by atoms with E-state index in [-0.39, 0.29) is 28.2 Å². The summed E-state index contributed by atoms with van der Waals surface area (Å²) in [7, 11) is 0. The van der Waals surface area contributed by atoms with Crippen molar-refractivity contribution in [3.05, 3.63) is 105 Å². The van der Waals surface area contributed by atoms with Gasteiger partial charge < -0.3 is 23.7 Å². The standard InChI is InChI=1S/C32H33FN2O5/c1-4-34(5-2)16-17-35-29(28-30(36)24-19-23(33)13-15-25(24)40-31(28)32(35)37)22-12-14-26(27(18-22)38-6-3)39-20-21-10-8-7-9-11-21/h7-15,18-19,29H,4-6,16-17,20H2,1-3H3. The molecule has 0 fully saturated rings. The van der Waals surface area contributed by atoms with E-state index in [1.54, 1.807) is 11.0 Å². The van der Waals surface area contributed by atoms with E-state index < -0.39 is 17.3 Å². The maximum Gasteiger partial charge on any atom is 0.290 e. The van der Waals surface area contributed by atoms with Gasteiger partial charge in [0, 0.05) is 13.1 Å². The quantitative estimate of drug-likeness (QED) is 0.238. The topological polar surface area (TPSA) is 72.2 Å². The normalized spacial score (nSPS) is 14.7. The van der Waals surface area contributed by atoms with Gasteiger partial charge in [0.05, 0.1) is 23.6 Å². The summed E-state index contributed by atoms with van der Waals surface area (Å²) < 4.78 is 32.1. The first-order chi connectivity index (χ1) is 19.4. The summed E-state index contributed by atoms with van der Waals surface area (Å²) in [5.41, 5.74) is 1.68. The number of rotatable bonds is 11. The predicted molar refractivity (Wildman–Crippen MR) is 151 cm³/mol.